The first kappa shape index (κ1) is 23.2. The third kappa shape index (κ3) is 8.22. The summed E-state index contributed by atoms with van der Waals surface area (Å²) in [6.45, 7) is 15.4. The largest absolute Gasteiger partial charge is 0.443 e. The highest BCUT2D eigenvalue weighted by Crippen LogP contribution is 2.22. The zero-order chi connectivity index (χ0) is 18.1. The molecule has 0 bridgehead atoms. The van der Waals surface area contributed by atoms with E-state index in [9.17, 15) is 0 Å². The molecule has 0 unspecified atom stereocenters. The first-order chi connectivity index (χ1) is 12.0. The molecule has 26 heavy (non-hydrogen) atoms. The van der Waals surface area contributed by atoms with Gasteiger partial charge in [-0.3, -0.25) is 4.90 Å². The number of ether oxygens (including phenoxy) is 1. The average Bonchev–Trinajstić information content (AvgIpc) is 3.07. The summed E-state index contributed by atoms with van der Waals surface area (Å²) < 4.78 is 11.2. The van der Waals surface area contributed by atoms with Gasteiger partial charge in [0.2, 0.25) is 5.89 Å². The second kappa shape index (κ2) is 11.8. The first-order valence-electron chi connectivity index (χ1n) is 9.26. The molecular weight excluding hydrogens is 445 g/mol. The molecule has 1 fully saturated rings. The van der Waals surface area contributed by atoms with Crippen molar-refractivity contribution in [2.45, 2.75) is 46.1 Å². The van der Waals surface area contributed by atoms with E-state index in [0.29, 0.717) is 12.4 Å². The Balaban J connectivity index is 0.00000338. The Labute approximate surface area is 174 Å². The van der Waals surface area contributed by atoms with Gasteiger partial charge >= 0.3 is 0 Å². The molecule has 0 radical (unpaired) electrons. The first-order valence-corrected chi connectivity index (χ1v) is 9.26. The summed E-state index contributed by atoms with van der Waals surface area (Å²) in [5, 5.41) is 6.64. The number of nitrogens with zero attached hydrogens (tertiary/aromatic N) is 3. The Kier molecular flexibility index (Phi) is 10.5. The lowest BCUT2D eigenvalue weighted by atomic mass is 9.94. The van der Waals surface area contributed by atoms with Crippen LogP contribution < -0.4 is 10.6 Å². The number of halogens is 1. The number of nitrogens with one attached hydrogen (secondary N) is 2. The van der Waals surface area contributed by atoms with Crippen LogP contribution in [-0.4, -0.2) is 61.8 Å². The third-order valence-electron chi connectivity index (χ3n) is 4.06. The SMILES string of the molecule is CCNC(=NCc1ncc(C(C)(C)C)o1)NCCCN1CCOCC1.I. The molecule has 2 N–H and O–H groups in total. The minimum atomic E-state index is -0.0306. The number of oxazole rings is 1. The standard InChI is InChI=1S/C18H33N5O2.HI/c1-5-19-17(20-7-6-8-23-9-11-24-12-10-23)22-14-16-21-13-15(25-16)18(2,3)4;/h13H,5-12,14H2,1-4H3,(H2,19,20,22);1H. The molecule has 1 aliphatic rings. The molecule has 2 rings (SSSR count). The molecule has 0 spiro atoms. The zero-order valence-electron chi connectivity index (χ0n) is 16.5. The maximum atomic E-state index is 5.79. The van der Waals surface area contributed by atoms with Gasteiger partial charge in [-0.2, -0.15) is 0 Å². The van der Waals surface area contributed by atoms with Crippen LogP contribution in [0.1, 0.15) is 45.8 Å². The highest BCUT2D eigenvalue weighted by atomic mass is 127. The van der Waals surface area contributed by atoms with Crippen molar-refractivity contribution in [1.29, 1.82) is 0 Å². The van der Waals surface area contributed by atoms with Gasteiger partial charge in [0.1, 0.15) is 12.3 Å². The van der Waals surface area contributed by atoms with Gasteiger partial charge in [-0.25, -0.2) is 9.98 Å². The van der Waals surface area contributed by atoms with Crippen molar-refractivity contribution in [3.63, 3.8) is 0 Å². The Hall–Kier alpha value is -0.870. The molecule has 1 aromatic rings. The fourth-order valence-corrected chi connectivity index (χ4v) is 2.55. The molecule has 1 aliphatic heterocycles. The summed E-state index contributed by atoms with van der Waals surface area (Å²) in [5.41, 5.74) is -0.0306. The lowest BCUT2D eigenvalue weighted by Gasteiger charge is -2.26. The number of rotatable bonds is 7. The van der Waals surface area contributed by atoms with Crippen LogP contribution >= 0.6 is 24.0 Å². The summed E-state index contributed by atoms with van der Waals surface area (Å²) in [5.74, 6) is 2.34. The van der Waals surface area contributed by atoms with E-state index in [2.05, 4.69) is 53.2 Å². The van der Waals surface area contributed by atoms with Crippen molar-refractivity contribution in [2.75, 3.05) is 45.9 Å². The van der Waals surface area contributed by atoms with Gasteiger partial charge in [-0.15, -0.1) is 24.0 Å². The highest BCUT2D eigenvalue weighted by Gasteiger charge is 2.19. The molecule has 0 saturated carbocycles. The van der Waals surface area contributed by atoms with E-state index in [1.54, 1.807) is 6.20 Å². The molecule has 0 amide bonds. The number of guanidine groups is 1. The Morgan fingerprint density at radius 2 is 2.00 bits per heavy atom. The normalized spacial score (nSPS) is 16.2. The molecule has 7 nitrogen and oxygen atoms in total. The molecule has 150 valence electrons. The highest BCUT2D eigenvalue weighted by molar-refractivity contribution is 14.0. The number of hydrogen-bond acceptors (Lipinski definition) is 5. The number of aromatic nitrogens is 1. The van der Waals surface area contributed by atoms with Crippen molar-refractivity contribution in [2.24, 2.45) is 4.99 Å². The molecule has 0 aromatic carbocycles. The van der Waals surface area contributed by atoms with Gasteiger partial charge in [-0.1, -0.05) is 20.8 Å². The second-order valence-electron chi connectivity index (χ2n) is 7.30. The minimum Gasteiger partial charge on any atom is -0.443 e. The van der Waals surface area contributed by atoms with Crippen LogP contribution in [0.5, 0.6) is 0 Å². The number of morpholine rings is 1. The smallest absolute Gasteiger partial charge is 0.216 e. The van der Waals surface area contributed by atoms with Crippen LogP contribution in [0.2, 0.25) is 0 Å². The second-order valence-corrected chi connectivity index (χ2v) is 7.30. The summed E-state index contributed by atoms with van der Waals surface area (Å²) in [6.07, 6.45) is 2.88. The third-order valence-corrected chi connectivity index (χ3v) is 4.06. The molecule has 1 saturated heterocycles. The zero-order valence-corrected chi connectivity index (χ0v) is 18.8. The van der Waals surface area contributed by atoms with Gasteiger partial charge < -0.3 is 19.8 Å². The van der Waals surface area contributed by atoms with E-state index in [0.717, 1.165) is 64.1 Å². The fraction of sp³-hybridized carbons (Fsp3) is 0.778. The van der Waals surface area contributed by atoms with E-state index >= 15 is 0 Å². The van der Waals surface area contributed by atoms with Gasteiger partial charge in [0, 0.05) is 31.6 Å². The van der Waals surface area contributed by atoms with Crippen molar-refractivity contribution < 1.29 is 9.15 Å². The van der Waals surface area contributed by atoms with E-state index in [4.69, 9.17) is 9.15 Å². The fourth-order valence-electron chi connectivity index (χ4n) is 2.55. The van der Waals surface area contributed by atoms with Crippen LogP contribution in [-0.2, 0) is 16.7 Å². The Morgan fingerprint density at radius 3 is 2.62 bits per heavy atom. The molecule has 2 heterocycles. The molecule has 1 aromatic heterocycles. The van der Waals surface area contributed by atoms with Crippen molar-refractivity contribution in [1.82, 2.24) is 20.5 Å². The summed E-state index contributed by atoms with van der Waals surface area (Å²) in [7, 11) is 0. The number of hydrogen-bond donors (Lipinski definition) is 2. The van der Waals surface area contributed by atoms with E-state index in [-0.39, 0.29) is 29.4 Å². The van der Waals surface area contributed by atoms with Crippen LogP contribution in [0.25, 0.3) is 0 Å². The summed E-state index contributed by atoms with van der Waals surface area (Å²) >= 11 is 0. The minimum absolute atomic E-state index is 0. The lowest BCUT2D eigenvalue weighted by Crippen LogP contribution is -2.40. The maximum Gasteiger partial charge on any atom is 0.216 e. The van der Waals surface area contributed by atoms with Crippen LogP contribution in [0, 0.1) is 0 Å². The van der Waals surface area contributed by atoms with Crippen molar-refractivity contribution in [3.8, 4) is 0 Å². The quantitative estimate of drug-likeness (QED) is 0.271. The topological polar surface area (TPSA) is 74.9 Å². The predicted octanol–water partition coefficient (Wildman–Crippen LogP) is 2.37. The van der Waals surface area contributed by atoms with Gasteiger partial charge in [-0.05, 0) is 19.9 Å². The van der Waals surface area contributed by atoms with Gasteiger partial charge in [0.25, 0.3) is 0 Å². The Morgan fingerprint density at radius 1 is 1.27 bits per heavy atom. The van der Waals surface area contributed by atoms with Gasteiger partial charge in [0.05, 0.1) is 19.4 Å². The van der Waals surface area contributed by atoms with Crippen LogP contribution in [0.3, 0.4) is 0 Å². The number of aliphatic imine (C=N–C) groups is 1. The van der Waals surface area contributed by atoms with E-state index in [1.165, 1.54) is 0 Å². The van der Waals surface area contributed by atoms with Crippen LogP contribution in [0.15, 0.2) is 15.6 Å². The summed E-state index contributed by atoms with van der Waals surface area (Å²) in [4.78, 5) is 11.3. The molecule has 0 atom stereocenters. The van der Waals surface area contributed by atoms with Crippen molar-refractivity contribution in [3.05, 3.63) is 17.8 Å². The van der Waals surface area contributed by atoms with Crippen LogP contribution in [0.4, 0.5) is 0 Å². The predicted molar refractivity (Wildman–Crippen MR) is 115 cm³/mol. The van der Waals surface area contributed by atoms with Gasteiger partial charge in [0.15, 0.2) is 5.96 Å². The molecule has 0 aliphatic carbocycles. The summed E-state index contributed by atoms with van der Waals surface area (Å²) in [6, 6.07) is 0. The molecule has 8 heteroatoms. The van der Waals surface area contributed by atoms with E-state index < -0.39 is 0 Å². The lowest BCUT2D eigenvalue weighted by molar-refractivity contribution is 0.0376. The maximum absolute atomic E-state index is 5.79. The average molecular weight is 479 g/mol. The monoisotopic (exact) mass is 479 g/mol. The Bertz CT molecular complexity index is 536. The van der Waals surface area contributed by atoms with Crippen molar-refractivity contribution >= 4 is 29.9 Å². The van der Waals surface area contributed by atoms with E-state index in [1.807, 2.05) is 0 Å². The molecular formula is C18H34IN5O2.